The van der Waals surface area contributed by atoms with E-state index in [4.69, 9.17) is 0 Å². The van der Waals surface area contributed by atoms with Crippen molar-refractivity contribution in [2.75, 3.05) is 6.54 Å². The van der Waals surface area contributed by atoms with Crippen molar-refractivity contribution in [2.24, 2.45) is 0 Å². The molecule has 0 bridgehead atoms. The standard InChI is InChI=1S/C7H11F4N/c8-6(9)7(10,11)4-5-2-1-3-12-5/h5-6,12H,1-4H2. The molecule has 0 aromatic carbocycles. The number of nitrogens with one attached hydrogen (secondary N) is 1. The van der Waals surface area contributed by atoms with E-state index in [0.29, 0.717) is 13.0 Å². The summed E-state index contributed by atoms with van der Waals surface area (Å²) in [6.45, 7) is 0.657. The summed E-state index contributed by atoms with van der Waals surface area (Å²) in [5, 5.41) is 2.75. The summed E-state index contributed by atoms with van der Waals surface area (Å²) in [6.07, 6.45) is -2.92. The quantitative estimate of drug-likeness (QED) is 0.663. The summed E-state index contributed by atoms with van der Waals surface area (Å²) in [6, 6.07) is -0.436. The molecule has 1 nitrogen and oxygen atoms in total. The van der Waals surface area contributed by atoms with Gasteiger partial charge in [0.05, 0.1) is 0 Å². The van der Waals surface area contributed by atoms with Crippen LogP contribution < -0.4 is 5.32 Å². The van der Waals surface area contributed by atoms with Crippen molar-refractivity contribution in [2.45, 2.75) is 37.7 Å². The van der Waals surface area contributed by atoms with Crippen LogP contribution in [0.4, 0.5) is 17.6 Å². The minimum Gasteiger partial charge on any atom is -0.314 e. The monoisotopic (exact) mass is 185 g/mol. The van der Waals surface area contributed by atoms with Crippen molar-refractivity contribution >= 4 is 0 Å². The van der Waals surface area contributed by atoms with Crippen LogP contribution in [0.3, 0.4) is 0 Å². The van der Waals surface area contributed by atoms with Crippen molar-refractivity contribution in [3.05, 3.63) is 0 Å². The zero-order valence-corrected chi connectivity index (χ0v) is 6.49. The lowest BCUT2D eigenvalue weighted by atomic mass is 10.1. The van der Waals surface area contributed by atoms with Gasteiger partial charge in [0.15, 0.2) is 0 Å². The molecule has 72 valence electrons. The molecule has 0 aliphatic carbocycles. The van der Waals surface area contributed by atoms with Crippen LogP contribution in [0.1, 0.15) is 19.3 Å². The summed E-state index contributed by atoms with van der Waals surface area (Å²) >= 11 is 0. The lowest BCUT2D eigenvalue weighted by molar-refractivity contribution is -0.136. The number of hydrogen-bond donors (Lipinski definition) is 1. The molecule has 1 saturated heterocycles. The van der Waals surface area contributed by atoms with E-state index in [1.54, 1.807) is 0 Å². The van der Waals surface area contributed by atoms with E-state index in [-0.39, 0.29) is 0 Å². The predicted octanol–water partition coefficient (Wildman–Crippen LogP) is 2.03. The van der Waals surface area contributed by atoms with Gasteiger partial charge in [-0.15, -0.1) is 0 Å². The van der Waals surface area contributed by atoms with E-state index in [9.17, 15) is 17.6 Å². The molecular weight excluding hydrogens is 174 g/mol. The van der Waals surface area contributed by atoms with Crippen molar-refractivity contribution in [1.29, 1.82) is 0 Å². The number of hydrogen-bond acceptors (Lipinski definition) is 1. The molecular formula is C7H11F4N. The number of rotatable bonds is 3. The van der Waals surface area contributed by atoms with Gasteiger partial charge in [-0.05, 0) is 19.4 Å². The molecule has 0 aromatic rings. The lowest BCUT2D eigenvalue weighted by Crippen LogP contribution is -2.35. The van der Waals surface area contributed by atoms with Gasteiger partial charge in [0.25, 0.3) is 0 Å². The lowest BCUT2D eigenvalue weighted by Gasteiger charge is -2.19. The Kier molecular flexibility index (Phi) is 2.93. The molecule has 5 heteroatoms. The third-order valence-corrected chi connectivity index (χ3v) is 2.00. The molecule has 1 aliphatic heterocycles. The molecule has 1 unspecified atom stereocenters. The minimum atomic E-state index is -3.83. The average molecular weight is 185 g/mol. The predicted molar refractivity (Wildman–Crippen MR) is 36.6 cm³/mol. The zero-order chi connectivity index (χ0) is 9.19. The summed E-state index contributed by atoms with van der Waals surface area (Å²) in [7, 11) is 0. The minimum absolute atomic E-state index is 0.436. The van der Waals surface area contributed by atoms with Gasteiger partial charge in [-0.25, -0.2) is 17.6 Å². The molecule has 1 heterocycles. The van der Waals surface area contributed by atoms with Crippen LogP contribution in [0.5, 0.6) is 0 Å². The summed E-state index contributed by atoms with van der Waals surface area (Å²) in [5.41, 5.74) is 0. The third kappa shape index (κ3) is 2.33. The smallest absolute Gasteiger partial charge is 0.309 e. The van der Waals surface area contributed by atoms with Crippen LogP contribution in [0.25, 0.3) is 0 Å². The Morgan fingerprint density at radius 3 is 2.50 bits per heavy atom. The third-order valence-electron chi connectivity index (χ3n) is 2.00. The highest BCUT2D eigenvalue weighted by atomic mass is 19.3. The maximum atomic E-state index is 12.4. The molecule has 0 amide bonds. The maximum absolute atomic E-state index is 12.4. The van der Waals surface area contributed by atoms with E-state index in [0.717, 1.165) is 6.42 Å². The van der Waals surface area contributed by atoms with Gasteiger partial charge in [-0.2, -0.15) is 0 Å². The summed E-state index contributed by atoms with van der Waals surface area (Å²) in [5.74, 6) is -3.83. The molecule has 1 aliphatic rings. The van der Waals surface area contributed by atoms with Crippen molar-refractivity contribution in [3.8, 4) is 0 Å². The molecule has 0 saturated carbocycles. The molecule has 0 spiro atoms. The average Bonchev–Trinajstić information content (AvgIpc) is 2.38. The van der Waals surface area contributed by atoms with Crippen LogP contribution in [0.2, 0.25) is 0 Å². The highest BCUT2D eigenvalue weighted by Crippen LogP contribution is 2.30. The van der Waals surface area contributed by atoms with Gasteiger partial charge in [0.2, 0.25) is 0 Å². The molecule has 1 N–H and O–H groups in total. The first-order valence-electron chi connectivity index (χ1n) is 3.92. The van der Waals surface area contributed by atoms with Gasteiger partial charge in [0, 0.05) is 12.5 Å². The van der Waals surface area contributed by atoms with Gasteiger partial charge >= 0.3 is 12.3 Å². The Hall–Kier alpha value is -0.320. The van der Waals surface area contributed by atoms with E-state index in [1.807, 2.05) is 0 Å². The number of halogens is 4. The van der Waals surface area contributed by atoms with Gasteiger partial charge in [-0.3, -0.25) is 0 Å². The fraction of sp³-hybridized carbons (Fsp3) is 1.00. The molecule has 1 rings (SSSR count). The first kappa shape index (κ1) is 9.77. The Morgan fingerprint density at radius 1 is 1.42 bits per heavy atom. The van der Waals surface area contributed by atoms with Crippen molar-refractivity contribution in [3.63, 3.8) is 0 Å². The van der Waals surface area contributed by atoms with E-state index < -0.39 is 24.8 Å². The first-order valence-corrected chi connectivity index (χ1v) is 3.92. The van der Waals surface area contributed by atoms with Crippen LogP contribution in [0.15, 0.2) is 0 Å². The van der Waals surface area contributed by atoms with Crippen LogP contribution in [-0.4, -0.2) is 24.9 Å². The molecule has 12 heavy (non-hydrogen) atoms. The second-order valence-corrected chi connectivity index (χ2v) is 3.06. The highest BCUT2D eigenvalue weighted by Gasteiger charge is 2.42. The summed E-state index contributed by atoms with van der Waals surface area (Å²) in [4.78, 5) is 0. The van der Waals surface area contributed by atoms with Gasteiger partial charge in [-0.1, -0.05) is 0 Å². The Morgan fingerprint density at radius 2 is 2.08 bits per heavy atom. The Labute approximate surface area is 68.1 Å². The fourth-order valence-electron chi connectivity index (χ4n) is 1.35. The van der Waals surface area contributed by atoms with E-state index in [2.05, 4.69) is 5.32 Å². The van der Waals surface area contributed by atoms with Crippen LogP contribution in [0, 0.1) is 0 Å². The van der Waals surface area contributed by atoms with E-state index in [1.165, 1.54) is 0 Å². The second-order valence-electron chi connectivity index (χ2n) is 3.06. The normalized spacial score (nSPS) is 25.2. The maximum Gasteiger partial charge on any atom is 0.309 e. The fourth-order valence-corrected chi connectivity index (χ4v) is 1.35. The molecule has 1 fully saturated rings. The van der Waals surface area contributed by atoms with Crippen molar-refractivity contribution < 1.29 is 17.6 Å². The molecule has 0 radical (unpaired) electrons. The zero-order valence-electron chi connectivity index (χ0n) is 6.49. The highest BCUT2D eigenvalue weighted by molar-refractivity contribution is 4.82. The Balaban J connectivity index is 2.37. The Bertz CT molecular complexity index is 142. The van der Waals surface area contributed by atoms with Gasteiger partial charge < -0.3 is 5.32 Å². The molecule has 1 atom stereocenters. The van der Waals surface area contributed by atoms with Crippen LogP contribution in [-0.2, 0) is 0 Å². The summed E-state index contributed by atoms with van der Waals surface area (Å²) < 4.78 is 48.2. The molecule has 0 aromatic heterocycles. The van der Waals surface area contributed by atoms with Crippen LogP contribution >= 0.6 is 0 Å². The van der Waals surface area contributed by atoms with Gasteiger partial charge in [0.1, 0.15) is 0 Å². The SMILES string of the molecule is FC(F)C(F)(F)CC1CCCN1. The largest absolute Gasteiger partial charge is 0.314 e. The van der Waals surface area contributed by atoms with Crippen molar-refractivity contribution in [1.82, 2.24) is 5.32 Å². The first-order chi connectivity index (χ1) is 5.52. The number of alkyl halides is 4. The topological polar surface area (TPSA) is 12.0 Å². The van der Waals surface area contributed by atoms with E-state index >= 15 is 0 Å². The second kappa shape index (κ2) is 3.60.